The van der Waals surface area contributed by atoms with Crippen LogP contribution < -0.4 is 0 Å². The van der Waals surface area contributed by atoms with Crippen molar-refractivity contribution >= 4 is 11.9 Å². The predicted molar refractivity (Wildman–Crippen MR) is 73.3 cm³/mol. The Balaban J connectivity index is 1.81. The Hall–Kier alpha value is -1.99. The Kier molecular flexibility index (Phi) is 5.24. The lowest BCUT2D eigenvalue weighted by atomic mass is 10.1. The zero-order valence-corrected chi connectivity index (χ0v) is 11.8. The zero-order valence-electron chi connectivity index (χ0n) is 11.8. The fourth-order valence-electron chi connectivity index (χ4n) is 2.03. The summed E-state index contributed by atoms with van der Waals surface area (Å²) in [5.74, 6) is -1.34. The van der Waals surface area contributed by atoms with Crippen LogP contribution in [0.5, 0.6) is 0 Å². The van der Waals surface area contributed by atoms with Gasteiger partial charge in [0.15, 0.2) is 0 Å². The first-order chi connectivity index (χ1) is 10.1. The highest BCUT2D eigenvalue weighted by Gasteiger charge is 2.32. The smallest absolute Gasteiger partial charge is 0.354 e. The summed E-state index contributed by atoms with van der Waals surface area (Å²) in [5, 5.41) is 8.87. The number of aromatic nitrogens is 1. The van der Waals surface area contributed by atoms with E-state index in [-0.39, 0.29) is 17.7 Å². The minimum absolute atomic E-state index is 0.0478. The Morgan fingerprint density at radius 1 is 1.43 bits per heavy atom. The maximum Gasteiger partial charge on any atom is 0.354 e. The first-order valence-electron chi connectivity index (χ1n) is 6.71. The van der Waals surface area contributed by atoms with Gasteiger partial charge in [-0.1, -0.05) is 0 Å². The molecule has 1 saturated heterocycles. The van der Waals surface area contributed by atoms with Crippen LogP contribution in [0, 0.1) is 0 Å². The van der Waals surface area contributed by atoms with Gasteiger partial charge in [0, 0.05) is 45.2 Å². The number of carbonyl (C=O) groups excluding carboxylic acids is 1. The fourth-order valence-corrected chi connectivity index (χ4v) is 2.03. The van der Waals surface area contributed by atoms with Gasteiger partial charge in [0.1, 0.15) is 5.69 Å². The number of amides is 1. The number of hydrogen-bond acceptors (Lipinski definition) is 5. The number of carboxylic acids is 1. The molecule has 0 saturated carbocycles. The number of carbonyl (C=O) groups is 2. The number of carboxylic acid groups (broad SMARTS) is 1. The molecule has 1 aliphatic rings. The summed E-state index contributed by atoms with van der Waals surface area (Å²) in [4.78, 5) is 28.3. The summed E-state index contributed by atoms with van der Waals surface area (Å²) in [5.41, 5.74) is 0.203. The van der Waals surface area contributed by atoms with Crippen molar-refractivity contribution in [1.29, 1.82) is 0 Å². The van der Waals surface area contributed by atoms with Crippen molar-refractivity contribution in [1.82, 2.24) is 9.88 Å². The largest absolute Gasteiger partial charge is 0.477 e. The minimum Gasteiger partial charge on any atom is -0.477 e. The van der Waals surface area contributed by atoms with Gasteiger partial charge in [-0.2, -0.15) is 0 Å². The molecular formula is C14H18N2O5. The third-order valence-electron chi connectivity index (χ3n) is 3.21. The number of hydrogen-bond donors (Lipinski definition) is 1. The van der Waals surface area contributed by atoms with Gasteiger partial charge >= 0.3 is 5.97 Å². The molecule has 114 valence electrons. The molecule has 1 aromatic rings. The minimum atomic E-state index is -1.15. The summed E-state index contributed by atoms with van der Waals surface area (Å²) in [7, 11) is 1.64. The second-order valence-electron chi connectivity index (χ2n) is 4.78. The van der Waals surface area contributed by atoms with Crippen LogP contribution in [0.4, 0.5) is 0 Å². The Morgan fingerprint density at radius 2 is 2.19 bits per heavy atom. The topological polar surface area (TPSA) is 89.0 Å². The number of ether oxygens (including phenoxy) is 2. The van der Waals surface area contributed by atoms with Gasteiger partial charge in [-0.05, 0) is 18.6 Å². The maximum absolute atomic E-state index is 12.2. The average molecular weight is 294 g/mol. The van der Waals surface area contributed by atoms with Crippen LogP contribution in [0.1, 0.15) is 27.3 Å². The maximum atomic E-state index is 12.2. The molecule has 2 rings (SSSR count). The van der Waals surface area contributed by atoms with Gasteiger partial charge in [0.05, 0.1) is 6.10 Å². The van der Waals surface area contributed by atoms with E-state index in [9.17, 15) is 9.59 Å². The fraction of sp³-hybridized carbons (Fsp3) is 0.500. The molecule has 1 fully saturated rings. The molecule has 0 radical (unpaired) electrons. The predicted octanol–water partition coefficient (Wildman–Crippen LogP) is 0.657. The summed E-state index contributed by atoms with van der Waals surface area (Å²) >= 11 is 0. The number of likely N-dealkylation sites (tertiary alicyclic amines) is 1. The van der Waals surface area contributed by atoms with Gasteiger partial charge in [0.2, 0.25) is 0 Å². The van der Waals surface area contributed by atoms with E-state index in [1.807, 2.05) is 0 Å². The van der Waals surface area contributed by atoms with E-state index in [1.54, 1.807) is 12.0 Å². The van der Waals surface area contributed by atoms with Crippen LogP contribution in [-0.4, -0.2) is 66.4 Å². The van der Waals surface area contributed by atoms with Crippen molar-refractivity contribution in [3.05, 3.63) is 29.6 Å². The van der Waals surface area contributed by atoms with Gasteiger partial charge in [-0.3, -0.25) is 4.79 Å². The molecule has 0 aromatic carbocycles. The highest BCUT2D eigenvalue weighted by Crippen LogP contribution is 2.16. The van der Waals surface area contributed by atoms with Crippen molar-refractivity contribution in [2.45, 2.75) is 12.5 Å². The van der Waals surface area contributed by atoms with Crippen LogP contribution in [0.15, 0.2) is 18.3 Å². The van der Waals surface area contributed by atoms with Crippen molar-refractivity contribution in [2.75, 3.05) is 33.4 Å². The number of methoxy groups -OCH3 is 1. The molecule has 7 nitrogen and oxygen atoms in total. The normalized spacial score (nSPS) is 14.8. The van der Waals surface area contributed by atoms with E-state index < -0.39 is 5.97 Å². The van der Waals surface area contributed by atoms with Crippen molar-refractivity contribution in [3.8, 4) is 0 Å². The second kappa shape index (κ2) is 7.14. The molecule has 0 unspecified atom stereocenters. The molecule has 1 aromatic heterocycles. The van der Waals surface area contributed by atoms with Crippen molar-refractivity contribution < 1.29 is 24.2 Å². The molecule has 1 amide bonds. The molecule has 0 bridgehead atoms. The molecule has 7 heteroatoms. The van der Waals surface area contributed by atoms with Crippen molar-refractivity contribution in [2.24, 2.45) is 0 Å². The van der Waals surface area contributed by atoms with Crippen LogP contribution in [0.2, 0.25) is 0 Å². The number of rotatable bonds is 7. The SMILES string of the molecule is COCCCOC1CN(C(=O)c2ccnc(C(=O)O)c2)C1. The third-order valence-corrected chi connectivity index (χ3v) is 3.21. The van der Waals surface area contributed by atoms with Gasteiger partial charge < -0.3 is 19.5 Å². The standard InChI is InChI=1S/C14H18N2O5/c1-20-5-2-6-21-11-8-16(9-11)13(17)10-3-4-15-12(7-10)14(18)19/h3-4,7,11H,2,5-6,8-9H2,1H3,(H,18,19). The summed E-state index contributed by atoms with van der Waals surface area (Å²) < 4.78 is 10.5. The van der Waals surface area contributed by atoms with Gasteiger partial charge in [-0.25, -0.2) is 9.78 Å². The number of pyridine rings is 1. The van der Waals surface area contributed by atoms with E-state index >= 15 is 0 Å². The first-order valence-corrected chi connectivity index (χ1v) is 6.71. The lowest BCUT2D eigenvalue weighted by Gasteiger charge is -2.39. The molecular weight excluding hydrogens is 276 g/mol. The van der Waals surface area contributed by atoms with E-state index in [1.165, 1.54) is 18.3 Å². The van der Waals surface area contributed by atoms with Crippen LogP contribution in [-0.2, 0) is 9.47 Å². The third kappa shape index (κ3) is 3.99. The zero-order chi connectivity index (χ0) is 15.2. The summed E-state index contributed by atoms with van der Waals surface area (Å²) in [6.45, 7) is 2.32. The van der Waals surface area contributed by atoms with Crippen LogP contribution in [0.25, 0.3) is 0 Å². The van der Waals surface area contributed by atoms with E-state index in [0.717, 1.165) is 6.42 Å². The molecule has 21 heavy (non-hydrogen) atoms. The summed E-state index contributed by atoms with van der Waals surface area (Å²) in [6.07, 6.45) is 2.20. The monoisotopic (exact) mass is 294 g/mol. The Labute approximate surface area is 122 Å². The number of nitrogens with zero attached hydrogens (tertiary/aromatic N) is 2. The molecule has 0 atom stereocenters. The average Bonchev–Trinajstić information content (AvgIpc) is 2.44. The summed E-state index contributed by atoms with van der Waals surface area (Å²) in [6, 6.07) is 2.80. The molecule has 1 aliphatic heterocycles. The van der Waals surface area contributed by atoms with Crippen LogP contribution >= 0.6 is 0 Å². The second-order valence-corrected chi connectivity index (χ2v) is 4.78. The van der Waals surface area contributed by atoms with E-state index in [0.29, 0.717) is 31.9 Å². The lowest BCUT2D eigenvalue weighted by Crippen LogP contribution is -2.54. The molecule has 1 N–H and O–H groups in total. The van der Waals surface area contributed by atoms with Crippen molar-refractivity contribution in [3.63, 3.8) is 0 Å². The Bertz CT molecular complexity index is 514. The van der Waals surface area contributed by atoms with Gasteiger partial charge in [0.25, 0.3) is 5.91 Å². The highest BCUT2D eigenvalue weighted by molar-refractivity contribution is 5.97. The first kappa shape index (κ1) is 15.4. The molecule has 0 aliphatic carbocycles. The molecule has 0 spiro atoms. The number of aromatic carboxylic acids is 1. The highest BCUT2D eigenvalue weighted by atomic mass is 16.5. The quantitative estimate of drug-likeness (QED) is 0.743. The van der Waals surface area contributed by atoms with Crippen LogP contribution in [0.3, 0.4) is 0 Å². The van der Waals surface area contributed by atoms with E-state index in [2.05, 4.69) is 4.98 Å². The Morgan fingerprint density at radius 3 is 2.86 bits per heavy atom. The van der Waals surface area contributed by atoms with Gasteiger partial charge in [-0.15, -0.1) is 0 Å². The van der Waals surface area contributed by atoms with E-state index in [4.69, 9.17) is 14.6 Å². The molecule has 2 heterocycles. The lowest BCUT2D eigenvalue weighted by molar-refractivity contribution is -0.0464.